The van der Waals surface area contributed by atoms with Crippen molar-refractivity contribution in [3.63, 3.8) is 0 Å². The number of nitrogens with zero attached hydrogens (tertiary/aromatic N) is 2. The van der Waals surface area contributed by atoms with Crippen LogP contribution in [0.4, 0.5) is 4.39 Å². The van der Waals surface area contributed by atoms with Gasteiger partial charge in [-0.2, -0.15) is 4.98 Å². The van der Waals surface area contributed by atoms with Crippen LogP contribution in [0.15, 0.2) is 22.7 Å². The number of aryl methyl sites for hydroxylation is 1. The number of nitrogens with one attached hydrogen (secondary N) is 1. The van der Waals surface area contributed by atoms with E-state index in [0.29, 0.717) is 41.2 Å². The van der Waals surface area contributed by atoms with Gasteiger partial charge in [0.15, 0.2) is 0 Å². The summed E-state index contributed by atoms with van der Waals surface area (Å²) in [7, 11) is 1.93. The number of benzene rings is 1. The van der Waals surface area contributed by atoms with Gasteiger partial charge in [0.25, 0.3) is 0 Å². The Labute approximate surface area is 124 Å². The highest BCUT2D eigenvalue weighted by atomic mass is 19.1. The topological polar surface area (TPSA) is 51.0 Å². The van der Waals surface area contributed by atoms with Gasteiger partial charge in [-0.25, -0.2) is 4.39 Å². The molecule has 21 heavy (non-hydrogen) atoms. The molecule has 1 atom stereocenters. The van der Waals surface area contributed by atoms with Crippen LogP contribution >= 0.6 is 0 Å². The highest BCUT2D eigenvalue weighted by Crippen LogP contribution is 2.20. The van der Waals surface area contributed by atoms with Crippen LogP contribution < -0.4 is 5.32 Å². The van der Waals surface area contributed by atoms with E-state index < -0.39 is 0 Å². The van der Waals surface area contributed by atoms with E-state index >= 15 is 0 Å². The number of rotatable bonds is 6. The Hall–Kier alpha value is -1.75. The van der Waals surface area contributed by atoms with E-state index in [9.17, 15) is 4.39 Å². The van der Waals surface area contributed by atoms with Gasteiger partial charge >= 0.3 is 0 Å². The molecular formula is C16H22FN3O. The Morgan fingerprint density at radius 3 is 2.71 bits per heavy atom. The van der Waals surface area contributed by atoms with E-state index in [4.69, 9.17) is 4.52 Å². The summed E-state index contributed by atoms with van der Waals surface area (Å²) in [5, 5.41) is 7.20. The van der Waals surface area contributed by atoms with Crippen molar-refractivity contribution in [1.29, 1.82) is 0 Å². The lowest BCUT2D eigenvalue weighted by Crippen LogP contribution is -2.29. The van der Waals surface area contributed by atoms with Gasteiger partial charge in [-0.3, -0.25) is 0 Å². The van der Waals surface area contributed by atoms with Crippen LogP contribution in [0.3, 0.4) is 0 Å². The predicted octanol–water partition coefficient (Wildman–Crippen LogP) is 3.36. The van der Waals surface area contributed by atoms with Gasteiger partial charge in [0.1, 0.15) is 5.82 Å². The molecule has 0 aliphatic rings. The molecular weight excluding hydrogens is 269 g/mol. The SMILES string of the molecule is CNC(Cc1nc(-c2ccc(C)c(F)c2)no1)CC(C)C. The third-order valence-electron chi connectivity index (χ3n) is 3.48. The maximum Gasteiger partial charge on any atom is 0.228 e. The average Bonchev–Trinajstić information content (AvgIpc) is 2.89. The van der Waals surface area contributed by atoms with E-state index in [1.807, 2.05) is 7.05 Å². The molecule has 1 unspecified atom stereocenters. The second kappa shape index (κ2) is 6.80. The third kappa shape index (κ3) is 4.11. The lowest BCUT2D eigenvalue weighted by atomic mass is 10.0. The zero-order valence-electron chi connectivity index (χ0n) is 13.0. The molecule has 0 radical (unpaired) electrons. The summed E-state index contributed by atoms with van der Waals surface area (Å²) in [5.74, 6) is 1.34. The molecule has 5 heteroatoms. The molecule has 2 aromatic rings. The molecule has 2 rings (SSSR count). The van der Waals surface area contributed by atoms with E-state index in [1.54, 1.807) is 19.1 Å². The minimum atomic E-state index is -0.258. The molecule has 1 aromatic heterocycles. The normalized spacial score (nSPS) is 12.9. The quantitative estimate of drug-likeness (QED) is 0.886. The molecule has 114 valence electrons. The van der Waals surface area contributed by atoms with Crippen LogP contribution in [0.5, 0.6) is 0 Å². The van der Waals surface area contributed by atoms with Gasteiger partial charge in [-0.1, -0.05) is 31.1 Å². The maximum absolute atomic E-state index is 13.6. The molecule has 0 spiro atoms. The second-order valence-electron chi connectivity index (χ2n) is 5.79. The van der Waals surface area contributed by atoms with Crippen molar-refractivity contribution in [2.75, 3.05) is 7.05 Å². The smallest absolute Gasteiger partial charge is 0.228 e. The molecule has 1 N–H and O–H groups in total. The highest BCUT2D eigenvalue weighted by Gasteiger charge is 2.15. The number of halogens is 1. The summed E-state index contributed by atoms with van der Waals surface area (Å²) in [4.78, 5) is 4.36. The maximum atomic E-state index is 13.6. The molecule has 0 saturated carbocycles. The van der Waals surface area contributed by atoms with Crippen LogP contribution in [0.2, 0.25) is 0 Å². The van der Waals surface area contributed by atoms with E-state index in [0.717, 1.165) is 6.42 Å². The van der Waals surface area contributed by atoms with Crippen molar-refractivity contribution in [1.82, 2.24) is 15.5 Å². The first-order valence-corrected chi connectivity index (χ1v) is 7.26. The molecule has 0 amide bonds. The van der Waals surface area contributed by atoms with Crippen LogP contribution in [0.25, 0.3) is 11.4 Å². The van der Waals surface area contributed by atoms with Crippen molar-refractivity contribution in [2.45, 2.75) is 39.7 Å². The fraction of sp³-hybridized carbons (Fsp3) is 0.500. The van der Waals surface area contributed by atoms with Crippen LogP contribution in [0, 0.1) is 18.7 Å². The largest absolute Gasteiger partial charge is 0.339 e. The van der Waals surface area contributed by atoms with Gasteiger partial charge in [0.2, 0.25) is 11.7 Å². The zero-order chi connectivity index (χ0) is 15.4. The van der Waals surface area contributed by atoms with E-state index in [1.165, 1.54) is 6.07 Å². The van der Waals surface area contributed by atoms with Gasteiger partial charge < -0.3 is 9.84 Å². The van der Waals surface area contributed by atoms with E-state index in [-0.39, 0.29) is 5.82 Å². The monoisotopic (exact) mass is 291 g/mol. The summed E-state index contributed by atoms with van der Waals surface area (Å²) in [6.45, 7) is 6.08. The number of hydrogen-bond donors (Lipinski definition) is 1. The Kier molecular flexibility index (Phi) is 5.07. The third-order valence-corrected chi connectivity index (χ3v) is 3.48. The minimum absolute atomic E-state index is 0.258. The zero-order valence-corrected chi connectivity index (χ0v) is 13.0. The fourth-order valence-corrected chi connectivity index (χ4v) is 2.27. The Balaban J connectivity index is 2.11. The molecule has 0 aliphatic carbocycles. The minimum Gasteiger partial charge on any atom is -0.339 e. The van der Waals surface area contributed by atoms with Crippen LogP contribution in [0.1, 0.15) is 31.7 Å². The second-order valence-corrected chi connectivity index (χ2v) is 5.79. The van der Waals surface area contributed by atoms with Gasteiger partial charge in [0, 0.05) is 18.0 Å². The fourth-order valence-electron chi connectivity index (χ4n) is 2.27. The Morgan fingerprint density at radius 2 is 2.10 bits per heavy atom. The lowest BCUT2D eigenvalue weighted by Gasteiger charge is -2.15. The molecule has 0 fully saturated rings. The summed E-state index contributed by atoms with van der Waals surface area (Å²) in [5.41, 5.74) is 1.24. The average molecular weight is 291 g/mol. The summed E-state index contributed by atoms with van der Waals surface area (Å²) < 4.78 is 18.9. The summed E-state index contributed by atoms with van der Waals surface area (Å²) in [6.07, 6.45) is 1.71. The molecule has 1 heterocycles. The number of aromatic nitrogens is 2. The Bertz CT molecular complexity index is 595. The first-order chi connectivity index (χ1) is 9.99. The predicted molar refractivity (Wildman–Crippen MR) is 80.4 cm³/mol. The number of hydrogen-bond acceptors (Lipinski definition) is 4. The molecule has 1 aromatic carbocycles. The molecule has 0 saturated heterocycles. The van der Waals surface area contributed by atoms with Gasteiger partial charge in [-0.15, -0.1) is 0 Å². The van der Waals surface area contributed by atoms with Crippen LogP contribution in [-0.4, -0.2) is 23.2 Å². The van der Waals surface area contributed by atoms with Crippen LogP contribution in [-0.2, 0) is 6.42 Å². The summed E-state index contributed by atoms with van der Waals surface area (Å²) in [6, 6.07) is 5.26. The van der Waals surface area contributed by atoms with Gasteiger partial charge in [0.05, 0.1) is 0 Å². The van der Waals surface area contributed by atoms with Crippen molar-refractivity contribution in [2.24, 2.45) is 5.92 Å². The molecule has 0 aliphatic heterocycles. The van der Waals surface area contributed by atoms with E-state index in [2.05, 4.69) is 29.3 Å². The standard InChI is InChI=1S/C16H22FN3O/c1-10(2)7-13(18-4)9-15-19-16(20-21-15)12-6-5-11(3)14(17)8-12/h5-6,8,10,13,18H,7,9H2,1-4H3. The molecule has 0 bridgehead atoms. The van der Waals surface area contributed by atoms with Gasteiger partial charge in [-0.05, 0) is 37.9 Å². The highest BCUT2D eigenvalue weighted by molar-refractivity contribution is 5.54. The summed E-state index contributed by atoms with van der Waals surface area (Å²) >= 11 is 0. The van der Waals surface area contributed by atoms with Crippen molar-refractivity contribution < 1.29 is 8.91 Å². The number of likely N-dealkylation sites (N-methyl/N-ethyl adjacent to an activating group) is 1. The lowest BCUT2D eigenvalue weighted by molar-refractivity contribution is 0.345. The van der Waals surface area contributed by atoms with Crippen molar-refractivity contribution in [3.8, 4) is 11.4 Å². The van der Waals surface area contributed by atoms with Crippen molar-refractivity contribution >= 4 is 0 Å². The first kappa shape index (κ1) is 15.6. The first-order valence-electron chi connectivity index (χ1n) is 7.26. The Morgan fingerprint density at radius 1 is 1.33 bits per heavy atom. The van der Waals surface area contributed by atoms with Crippen molar-refractivity contribution in [3.05, 3.63) is 35.5 Å². The molecule has 4 nitrogen and oxygen atoms in total.